The SMILES string of the molecule is COCCC(=O)N1C[C@@H]2C[C@H](C1)c1ccc(NS(=O)(=O)c3cccs3)c(=O)n1C2. The number of methoxy groups -OCH3 is 1. The number of aromatic nitrogens is 1. The van der Waals surface area contributed by atoms with E-state index in [0.29, 0.717) is 32.7 Å². The van der Waals surface area contributed by atoms with Crippen molar-refractivity contribution in [3.63, 3.8) is 0 Å². The number of hydrogen-bond acceptors (Lipinski definition) is 6. The summed E-state index contributed by atoms with van der Waals surface area (Å²) in [6.07, 6.45) is 1.28. The molecule has 1 saturated heterocycles. The number of pyridine rings is 1. The second kappa shape index (κ2) is 7.92. The van der Waals surface area contributed by atoms with Crippen LogP contribution in [-0.4, -0.2) is 50.6 Å². The summed E-state index contributed by atoms with van der Waals surface area (Å²) in [5.41, 5.74) is 0.571. The van der Waals surface area contributed by atoms with Crippen molar-refractivity contribution in [2.24, 2.45) is 5.92 Å². The van der Waals surface area contributed by atoms with Gasteiger partial charge in [0.15, 0.2) is 0 Å². The molecule has 0 saturated carbocycles. The van der Waals surface area contributed by atoms with Crippen molar-refractivity contribution >= 4 is 33.0 Å². The van der Waals surface area contributed by atoms with Crippen LogP contribution >= 0.6 is 11.3 Å². The zero-order chi connectivity index (χ0) is 20.6. The highest BCUT2D eigenvalue weighted by atomic mass is 32.2. The summed E-state index contributed by atoms with van der Waals surface area (Å²) in [5.74, 6) is 0.317. The molecular formula is C19H23N3O5S2. The molecule has 2 aliphatic rings. The van der Waals surface area contributed by atoms with Crippen LogP contribution in [0.4, 0.5) is 5.69 Å². The number of nitrogens with zero attached hydrogens (tertiary/aromatic N) is 2. The summed E-state index contributed by atoms with van der Waals surface area (Å²) >= 11 is 1.10. The number of hydrogen-bond donors (Lipinski definition) is 1. The van der Waals surface area contributed by atoms with Gasteiger partial charge in [0, 0.05) is 38.4 Å². The Morgan fingerprint density at radius 2 is 2.10 bits per heavy atom. The van der Waals surface area contributed by atoms with Gasteiger partial charge in [0.2, 0.25) is 5.91 Å². The average Bonchev–Trinajstić information content (AvgIpc) is 3.24. The van der Waals surface area contributed by atoms with Crippen molar-refractivity contribution in [2.75, 3.05) is 31.5 Å². The van der Waals surface area contributed by atoms with E-state index in [1.165, 1.54) is 12.1 Å². The summed E-state index contributed by atoms with van der Waals surface area (Å²) < 4.78 is 34.2. The lowest BCUT2D eigenvalue weighted by molar-refractivity contribution is -0.134. The molecule has 4 rings (SSSR count). The Hall–Kier alpha value is -2.17. The third-order valence-electron chi connectivity index (χ3n) is 5.48. The number of anilines is 1. The van der Waals surface area contributed by atoms with E-state index < -0.39 is 10.0 Å². The van der Waals surface area contributed by atoms with Crippen molar-refractivity contribution in [1.82, 2.24) is 9.47 Å². The van der Waals surface area contributed by atoms with E-state index in [1.807, 2.05) is 4.90 Å². The van der Waals surface area contributed by atoms with E-state index in [0.717, 1.165) is 23.5 Å². The molecule has 0 unspecified atom stereocenters. The fourth-order valence-corrected chi connectivity index (χ4v) is 6.24. The minimum absolute atomic E-state index is 0.0511. The smallest absolute Gasteiger partial charge is 0.275 e. The van der Waals surface area contributed by atoms with Crippen molar-refractivity contribution in [3.05, 3.63) is 45.7 Å². The molecule has 1 amide bonds. The molecule has 0 aliphatic carbocycles. The second-order valence-electron chi connectivity index (χ2n) is 7.47. The predicted octanol–water partition coefficient (Wildman–Crippen LogP) is 1.69. The topological polar surface area (TPSA) is 97.7 Å². The molecule has 10 heteroatoms. The van der Waals surface area contributed by atoms with Crippen LogP contribution in [0.15, 0.2) is 38.6 Å². The molecule has 0 aromatic carbocycles. The Morgan fingerprint density at radius 3 is 2.83 bits per heavy atom. The normalized spacial score (nSPS) is 20.9. The first-order chi connectivity index (χ1) is 13.9. The number of nitrogens with one attached hydrogen (secondary N) is 1. The van der Waals surface area contributed by atoms with Crippen LogP contribution in [0, 0.1) is 5.92 Å². The molecular weight excluding hydrogens is 414 g/mol. The molecule has 0 radical (unpaired) electrons. The number of carbonyl (C=O) groups is 1. The molecule has 1 fully saturated rings. The first-order valence-corrected chi connectivity index (χ1v) is 11.8. The van der Waals surface area contributed by atoms with Crippen molar-refractivity contribution in [1.29, 1.82) is 0 Å². The number of amides is 1. The lowest BCUT2D eigenvalue weighted by Gasteiger charge is -2.43. The summed E-state index contributed by atoms with van der Waals surface area (Å²) in [6, 6.07) is 6.49. The van der Waals surface area contributed by atoms with Crippen LogP contribution in [-0.2, 0) is 26.1 Å². The largest absolute Gasteiger partial charge is 0.384 e. The van der Waals surface area contributed by atoms with Crippen LogP contribution < -0.4 is 10.3 Å². The Bertz CT molecular complexity index is 1060. The molecule has 2 aliphatic heterocycles. The lowest BCUT2D eigenvalue weighted by Crippen LogP contribution is -2.49. The first-order valence-electron chi connectivity index (χ1n) is 9.46. The van der Waals surface area contributed by atoms with E-state index in [1.54, 1.807) is 29.2 Å². The van der Waals surface area contributed by atoms with E-state index in [-0.39, 0.29) is 33.2 Å². The monoisotopic (exact) mass is 437 g/mol. The molecule has 4 heterocycles. The van der Waals surface area contributed by atoms with Gasteiger partial charge in [-0.05, 0) is 35.9 Å². The number of sulfonamides is 1. The maximum atomic E-state index is 13.0. The zero-order valence-electron chi connectivity index (χ0n) is 16.0. The predicted molar refractivity (Wildman–Crippen MR) is 110 cm³/mol. The van der Waals surface area contributed by atoms with Gasteiger partial charge in [0.1, 0.15) is 9.90 Å². The van der Waals surface area contributed by atoms with E-state index in [2.05, 4.69) is 4.72 Å². The molecule has 8 nitrogen and oxygen atoms in total. The van der Waals surface area contributed by atoms with Crippen LogP contribution in [0.3, 0.4) is 0 Å². The number of piperidine rings is 1. The molecule has 0 spiro atoms. The molecule has 2 atom stereocenters. The molecule has 156 valence electrons. The zero-order valence-corrected chi connectivity index (χ0v) is 17.7. The quantitative estimate of drug-likeness (QED) is 0.742. The number of likely N-dealkylation sites (tertiary alicyclic amines) is 1. The maximum Gasteiger partial charge on any atom is 0.275 e. The van der Waals surface area contributed by atoms with Crippen LogP contribution in [0.1, 0.15) is 24.5 Å². The number of thiophene rings is 1. The molecule has 2 bridgehead atoms. The Kier molecular flexibility index (Phi) is 5.50. The van der Waals surface area contributed by atoms with Gasteiger partial charge in [-0.3, -0.25) is 14.3 Å². The van der Waals surface area contributed by atoms with Crippen LogP contribution in [0.2, 0.25) is 0 Å². The standard InChI is InChI=1S/C19H23N3O5S2/c1-27-7-6-17(23)21-10-13-9-14(12-21)16-5-4-15(19(24)22(16)11-13)20-29(25,26)18-3-2-8-28-18/h2-5,8,13-14,20H,6-7,9-12H2,1H3/t13-,14+/m0/s1. The van der Waals surface area contributed by atoms with Gasteiger partial charge in [0.05, 0.1) is 13.0 Å². The van der Waals surface area contributed by atoms with Crippen LogP contribution in [0.25, 0.3) is 0 Å². The maximum absolute atomic E-state index is 13.0. The number of fused-ring (bicyclic) bond motifs is 4. The summed E-state index contributed by atoms with van der Waals surface area (Å²) in [7, 11) is -2.20. The van der Waals surface area contributed by atoms with Gasteiger partial charge in [-0.25, -0.2) is 8.42 Å². The van der Waals surface area contributed by atoms with Gasteiger partial charge in [-0.15, -0.1) is 11.3 Å². The van der Waals surface area contributed by atoms with Crippen molar-refractivity contribution in [3.8, 4) is 0 Å². The van der Waals surface area contributed by atoms with Crippen molar-refractivity contribution in [2.45, 2.75) is 29.5 Å². The number of carbonyl (C=O) groups excluding carboxylic acids is 1. The molecule has 2 aromatic heterocycles. The minimum atomic E-state index is -3.78. The Labute approximate surface area is 173 Å². The first kappa shape index (κ1) is 20.1. The van der Waals surface area contributed by atoms with Gasteiger partial charge in [0.25, 0.3) is 15.6 Å². The highest BCUT2D eigenvalue weighted by Gasteiger charge is 2.36. The van der Waals surface area contributed by atoms with Gasteiger partial charge in [-0.2, -0.15) is 0 Å². The second-order valence-corrected chi connectivity index (χ2v) is 10.3. The van der Waals surface area contributed by atoms with Crippen LogP contribution in [0.5, 0.6) is 0 Å². The van der Waals surface area contributed by atoms with Gasteiger partial charge < -0.3 is 14.2 Å². The van der Waals surface area contributed by atoms with E-state index in [4.69, 9.17) is 4.74 Å². The lowest BCUT2D eigenvalue weighted by atomic mass is 9.83. The Morgan fingerprint density at radius 1 is 1.28 bits per heavy atom. The molecule has 29 heavy (non-hydrogen) atoms. The summed E-state index contributed by atoms with van der Waals surface area (Å²) in [5, 5.41) is 1.68. The average molecular weight is 438 g/mol. The fourth-order valence-electron chi connectivity index (χ4n) is 4.19. The fraction of sp³-hybridized carbons (Fsp3) is 0.474. The highest BCUT2D eigenvalue weighted by Crippen LogP contribution is 2.35. The molecule has 2 aromatic rings. The van der Waals surface area contributed by atoms with Gasteiger partial charge in [-0.1, -0.05) is 6.07 Å². The minimum Gasteiger partial charge on any atom is -0.384 e. The summed E-state index contributed by atoms with van der Waals surface area (Å²) in [6.45, 7) is 2.05. The van der Waals surface area contributed by atoms with E-state index >= 15 is 0 Å². The third kappa shape index (κ3) is 3.96. The van der Waals surface area contributed by atoms with E-state index in [9.17, 15) is 18.0 Å². The molecule has 1 N–H and O–H groups in total. The van der Waals surface area contributed by atoms with Gasteiger partial charge >= 0.3 is 0 Å². The highest BCUT2D eigenvalue weighted by molar-refractivity contribution is 7.94. The van der Waals surface area contributed by atoms with Crippen molar-refractivity contribution < 1.29 is 17.9 Å². The Balaban J connectivity index is 1.58. The third-order valence-corrected chi connectivity index (χ3v) is 8.24. The number of rotatable bonds is 6. The summed E-state index contributed by atoms with van der Waals surface area (Å²) in [4.78, 5) is 27.2. The number of ether oxygens (including phenoxy) is 1.